The number of carbonyl (C=O) groups is 1. The molecule has 0 aliphatic heterocycles. The average Bonchev–Trinajstić information content (AvgIpc) is 2.43. The molecule has 0 N–H and O–H groups in total. The van der Waals surface area contributed by atoms with Gasteiger partial charge in [-0.2, -0.15) is 0 Å². The lowest BCUT2D eigenvalue weighted by atomic mass is 10.1. The number of benzene rings is 2. The van der Waals surface area contributed by atoms with E-state index in [1.54, 1.807) is 6.92 Å². The Kier molecular flexibility index (Phi) is 4.35. The van der Waals surface area contributed by atoms with Gasteiger partial charge in [-0.25, -0.2) is 8.78 Å². The van der Waals surface area contributed by atoms with Crippen LogP contribution in [0.3, 0.4) is 0 Å². The SMILES string of the molecule is CC(Oc1ccc(F)c(Cl)c1)C(=O)c1ccc(F)cc1. The van der Waals surface area contributed by atoms with Crippen molar-refractivity contribution in [1.82, 2.24) is 0 Å². The number of ketones is 1. The minimum atomic E-state index is -0.790. The molecule has 0 saturated carbocycles. The van der Waals surface area contributed by atoms with Gasteiger partial charge in [0.2, 0.25) is 5.78 Å². The lowest BCUT2D eigenvalue weighted by Crippen LogP contribution is -2.23. The van der Waals surface area contributed by atoms with E-state index >= 15 is 0 Å². The molecule has 0 heterocycles. The van der Waals surface area contributed by atoms with Crippen molar-refractivity contribution in [2.45, 2.75) is 13.0 Å². The fourth-order valence-corrected chi connectivity index (χ4v) is 1.83. The second-order valence-electron chi connectivity index (χ2n) is 4.21. The van der Waals surface area contributed by atoms with Crippen LogP contribution in [0.2, 0.25) is 5.02 Å². The summed E-state index contributed by atoms with van der Waals surface area (Å²) in [5, 5.41) is -0.0797. The van der Waals surface area contributed by atoms with E-state index in [1.807, 2.05) is 0 Å². The molecule has 2 aromatic carbocycles. The Labute approximate surface area is 119 Å². The van der Waals surface area contributed by atoms with Crippen molar-refractivity contribution in [3.8, 4) is 5.75 Å². The smallest absolute Gasteiger partial charge is 0.202 e. The lowest BCUT2D eigenvalue weighted by Gasteiger charge is -2.14. The zero-order chi connectivity index (χ0) is 14.7. The Hall–Kier alpha value is -1.94. The first-order valence-corrected chi connectivity index (χ1v) is 6.26. The Balaban J connectivity index is 2.11. The molecule has 0 fully saturated rings. The van der Waals surface area contributed by atoms with E-state index < -0.39 is 17.7 Å². The number of hydrogen-bond acceptors (Lipinski definition) is 2. The number of ether oxygens (including phenoxy) is 1. The monoisotopic (exact) mass is 296 g/mol. The maximum absolute atomic E-state index is 13.0. The van der Waals surface area contributed by atoms with Gasteiger partial charge in [-0.15, -0.1) is 0 Å². The van der Waals surface area contributed by atoms with E-state index in [0.717, 1.165) is 6.07 Å². The molecule has 0 amide bonds. The van der Waals surface area contributed by atoms with Gasteiger partial charge in [0.25, 0.3) is 0 Å². The van der Waals surface area contributed by atoms with Crippen LogP contribution in [0.4, 0.5) is 8.78 Å². The lowest BCUT2D eigenvalue weighted by molar-refractivity contribution is 0.0818. The summed E-state index contributed by atoms with van der Waals surface area (Å²) in [6.45, 7) is 1.56. The Morgan fingerprint density at radius 2 is 1.80 bits per heavy atom. The van der Waals surface area contributed by atoms with Crippen LogP contribution < -0.4 is 4.74 Å². The van der Waals surface area contributed by atoms with Gasteiger partial charge >= 0.3 is 0 Å². The molecule has 104 valence electrons. The molecule has 0 bridgehead atoms. The third-order valence-corrected chi connectivity index (χ3v) is 2.99. The minimum absolute atomic E-state index is 0.0797. The van der Waals surface area contributed by atoms with Gasteiger partial charge in [0.15, 0.2) is 6.10 Å². The summed E-state index contributed by atoms with van der Waals surface area (Å²) in [4.78, 5) is 12.1. The predicted octanol–water partition coefficient (Wildman–Crippen LogP) is 4.27. The molecule has 0 aliphatic carbocycles. The van der Waals surface area contributed by atoms with Gasteiger partial charge in [0.1, 0.15) is 17.4 Å². The molecule has 1 unspecified atom stereocenters. The molecule has 2 nitrogen and oxygen atoms in total. The van der Waals surface area contributed by atoms with E-state index in [0.29, 0.717) is 11.3 Å². The summed E-state index contributed by atoms with van der Waals surface area (Å²) in [5.74, 6) is -0.984. The molecular formula is C15H11ClF2O2. The van der Waals surface area contributed by atoms with Gasteiger partial charge in [0.05, 0.1) is 5.02 Å². The molecule has 20 heavy (non-hydrogen) atoms. The van der Waals surface area contributed by atoms with Crippen LogP contribution in [0.1, 0.15) is 17.3 Å². The molecule has 1 atom stereocenters. The highest BCUT2D eigenvalue weighted by atomic mass is 35.5. The fraction of sp³-hybridized carbons (Fsp3) is 0.133. The highest BCUT2D eigenvalue weighted by molar-refractivity contribution is 6.30. The van der Waals surface area contributed by atoms with Gasteiger partial charge in [-0.05, 0) is 43.3 Å². The largest absolute Gasteiger partial charge is 0.483 e. The van der Waals surface area contributed by atoms with Crippen LogP contribution in [0.25, 0.3) is 0 Å². The first-order chi connectivity index (χ1) is 9.47. The van der Waals surface area contributed by atoms with Crippen molar-refractivity contribution in [1.29, 1.82) is 0 Å². The number of halogens is 3. The average molecular weight is 297 g/mol. The summed E-state index contributed by atoms with van der Waals surface area (Å²) in [6.07, 6.45) is -0.790. The molecule has 2 aromatic rings. The van der Waals surface area contributed by atoms with Crippen LogP contribution in [0, 0.1) is 11.6 Å². The summed E-state index contributed by atoms with van der Waals surface area (Å²) in [6, 6.07) is 9.02. The maximum atomic E-state index is 13.0. The van der Waals surface area contributed by atoms with E-state index in [2.05, 4.69) is 0 Å². The molecule has 5 heteroatoms. The predicted molar refractivity (Wildman–Crippen MR) is 72.2 cm³/mol. The standard InChI is InChI=1S/C15H11ClF2O2/c1-9(15(19)10-2-4-11(17)5-3-10)20-12-6-7-14(18)13(16)8-12/h2-9H,1H3. The van der Waals surface area contributed by atoms with E-state index in [4.69, 9.17) is 16.3 Å². The van der Waals surface area contributed by atoms with E-state index in [9.17, 15) is 13.6 Å². The highest BCUT2D eigenvalue weighted by Gasteiger charge is 2.17. The van der Waals surface area contributed by atoms with E-state index in [-0.39, 0.29) is 10.8 Å². The van der Waals surface area contributed by atoms with Gasteiger partial charge < -0.3 is 4.74 Å². The van der Waals surface area contributed by atoms with Crippen LogP contribution in [0.5, 0.6) is 5.75 Å². The summed E-state index contributed by atoms with van der Waals surface area (Å²) >= 11 is 5.63. The third-order valence-electron chi connectivity index (χ3n) is 2.70. The summed E-state index contributed by atoms with van der Waals surface area (Å²) in [7, 11) is 0. The number of Topliss-reactive ketones (excluding diaryl/α,β-unsaturated/α-hetero) is 1. The van der Waals surface area contributed by atoms with Gasteiger partial charge in [-0.3, -0.25) is 4.79 Å². The molecule has 0 aliphatic rings. The molecular weight excluding hydrogens is 286 g/mol. The third kappa shape index (κ3) is 3.33. The summed E-state index contributed by atoms with van der Waals surface area (Å²) < 4.78 is 31.2. The van der Waals surface area contributed by atoms with Crippen molar-refractivity contribution < 1.29 is 18.3 Å². The second-order valence-corrected chi connectivity index (χ2v) is 4.61. The Morgan fingerprint density at radius 1 is 1.15 bits per heavy atom. The highest BCUT2D eigenvalue weighted by Crippen LogP contribution is 2.22. The first-order valence-electron chi connectivity index (χ1n) is 5.89. The van der Waals surface area contributed by atoms with Crippen molar-refractivity contribution in [3.05, 3.63) is 64.7 Å². The maximum Gasteiger partial charge on any atom is 0.202 e. The first kappa shape index (κ1) is 14.5. The topological polar surface area (TPSA) is 26.3 Å². The number of hydrogen-bond donors (Lipinski definition) is 0. The zero-order valence-electron chi connectivity index (χ0n) is 10.6. The molecule has 0 radical (unpaired) electrons. The van der Waals surface area contributed by atoms with Gasteiger partial charge in [0, 0.05) is 11.6 Å². The quantitative estimate of drug-likeness (QED) is 0.788. The van der Waals surface area contributed by atoms with E-state index in [1.165, 1.54) is 36.4 Å². The summed E-state index contributed by atoms with van der Waals surface area (Å²) in [5.41, 5.74) is 0.340. The van der Waals surface area contributed by atoms with Crippen molar-refractivity contribution in [2.75, 3.05) is 0 Å². The van der Waals surface area contributed by atoms with Crippen molar-refractivity contribution >= 4 is 17.4 Å². The van der Waals surface area contributed by atoms with Crippen LogP contribution in [-0.4, -0.2) is 11.9 Å². The number of carbonyl (C=O) groups excluding carboxylic acids is 1. The van der Waals surface area contributed by atoms with Crippen molar-refractivity contribution in [3.63, 3.8) is 0 Å². The molecule has 0 aromatic heterocycles. The fourth-order valence-electron chi connectivity index (χ4n) is 1.66. The second kappa shape index (κ2) is 6.01. The Bertz CT molecular complexity index is 626. The minimum Gasteiger partial charge on any atom is -0.483 e. The molecule has 2 rings (SSSR count). The zero-order valence-corrected chi connectivity index (χ0v) is 11.3. The van der Waals surface area contributed by atoms with Crippen LogP contribution in [-0.2, 0) is 0 Å². The molecule has 0 saturated heterocycles. The van der Waals surface area contributed by atoms with Crippen molar-refractivity contribution in [2.24, 2.45) is 0 Å². The van der Waals surface area contributed by atoms with Crippen LogP contribution in [0.15, 0.2) is 42.5 Å². The normalized spacial score (nSPS) is 12.0. The Morgan fingerprint density at radius 3 is 2.40 bits per heavy atom. The molecule has 0 spiro atoms. The van der Waals surface area contributed by atoms with Gasteiger partial charge in [-0.1, -0.05) is 11.6 Å². The van der Waals surface area contributed by atoms with Crippen LogP contribution >= 0.6 is 11.6 Å². The number of rotatable bonds is 4.